The highest BCUT2D eigenvalue weighted by Crippen LogP contribution is 2.40. The van der Waals surface area contributed by atoms with E-state index < -0.39 is 15.1 Å². The van der Waals surface area contributed by atoms with E-state index in [-0.39, 0.29) is 0 Å². The Hall–Kier alpha value is -2.85. The molecule has 0 aliphatic heterocycles. The first-order valence-corrected chi connectivity index (χ1v) is 10.9. The lowest BCUT2D eigenvalue weighted by Gasteiger charge is -2.20. The molecule has 0 amide bonds. The topological polar surface area (TPSA) is 49.9 Å². The second-order valence-corrected chi connectivity index (χ2v) is 9.39. The number of aryl methyl sites for hydroxylation is 3. The summed E-state index contributed by atoms with van der Waals surface area (Å²) in [4.78, 5) is 3.70. The molecule has 142 valence electrons. The number of aromatic nitrogens is 1. The van der Waals surface area contributed by atoms with E-state index in [9.17, 15) is 8.42 Å². The maximum Gasteiger partial charge on any atom is 0.189 e. The number of nitrogens with one attached hydrogen (secondary N) is 1. The minimum atomic E-state index is -3.64. The van der Waals surface area contributed by atoms with Crippen molar-refractivity contribution in [1.29, 1.82) is 0 Å². The second kappa shape index (κ2) is 6.95. The van der Waals surface area contributed by atoms with Gasteiger partial charge < -0.3 is 4.98 Å². The number of sulfone groups is 1. The van der Waals surface area contributed by atoms with Crippen LogP contribution in [0.5, 0.6) is 0 Å². The second-order valence-electron chi connectivity index (χ2n) is 7.36. The molecule has 4 rings (SSSR count). The van der Waals surface area contributed by atoms with E-state index in [1.165, 1.54) is 0 Å². The molecule has 0 aliphatic rings. The third-order valence-corrected chi connectivity index (χ3v) is 7.30. The van der Waals surface area contributed by atoms with Crippen molar-refractivity contribution < 1.29 is 8.42 Å². The Morgan fingerprint density at radius 1 is 0.750 bits per heavy atom. The molecule has 3 aromatic carbocycles. The molecule has 4 aromatic rings. The Bertz CT molecular complexity index is 1230. The smallest absolute Gasteiger partial charge is 0.189 e. The number of H-pyrrole nitrogens is 1. The van der Waals surface area contributed by atoms with Gasteiger partial charge in [-0.2, -0.15) is 0 Å². The first kappa shape index (κ1) is 18.5. The Morgan fingerprint density at radius 3 is 1.96 bits per heavy atom. The van der Waals surface area contributed by atoms with Crippen molar-refractivity contribution in [1.82, 2.24) is 4.98 Å². The van der Waals surface area contributed by atoms with Crippen molar-refractivity contribution in [2.45, 2.75) is 30.9 Å². The lowest BCUT2D eigenvalue weighted by Crippen LogP contribution is -2.16. The molecule has 28 heavy (non-hydrogen) atoms. The van der Waals surface area contributed by atoms with Crippen molar-refractivity contribution in [3.63, 3.8) is 0 Å². The summed E-state index contributed by atoms with van der Waals surface area (Å²) in [7, 11) is -3.64. The van der Waals surface area contributed by atoms with E-state index in [2.05, 4.69) is 4.98 Å². The molecule has 0 aliphatic carbocycles. The molecule has 1 atom stereocenters. The highest BCUT2D eigenvalue weighted by molar-refractivity contribution is 7.92. The summed E-state index contributed by atoms with van der Waals surface area (Å²) in [5.74, 6) is 0. The first-order valence-electron chi connectivity index (χ1n) is 9.32. The Morgan fingerprint density at radius 2 is 1.32 bits per heavy atom. The lowest BCUT2D eigenvalue weighted by molar-refractivity contribution is 0.589. The highest BCUT2D eigenvalue weighted by atomic mass is 32.2. The van der Waals surface area contributed by atoms with Gasteiger partial charge >= 0.3 is 0 Å². The fourth-order valence-corrected chi connectivity index (χ4v) is 5.66. The van der Waals surface area contributed by atoms with Crippen LogP contribution in [0.4, 0.5) is 0 Å². The van der Waals surface area contributed by atoms with Crippen LogP contribution in [0, 0.1) is 20.8 Å². The van der Waals surface area contributed by atoms with Gasteiger partial charge in [-0.25, -0.2) is 8.42 Å². The van der Waals surface area contributed by atoms with Gasteiger partial charge in [0.1, 0.15) is 5.25 Å². The van der Waals surface area contributed by atoms with Crippen LogP contribution in [0.3, 0.4) is 0 Å². The first-order chi connectivity index (χ1) is 13.4. The molecule has 0 fully saturated rings. The van der Waals surface area contributed by atoms with Crippen LogP contribution in [-0.4, -0.2) is 13.4 Å². The van der Waals surface area contributed by atoms with E-state index in [4.69, 9.17) is 0 Å². The number of hydrogen-bond acceptors (Lipinski definition) is 2. The van der Waals surface area contributed by atoms with Crippen molar-refractivity contribution in [3.05, 3.63) is 101 Å². The van der Waals surface area contributed by atoms with Gasteiger partial charge in [-0.3, -0.25) is 0 Å². The predicted molar refractivity (Wildman–Crippen MR) is 114 cm³/mol. The van der Waals surface area contributed by atoms with Gasteiger partial charge in [0.15, 0.2) is 9.84 Å². The number of para-hydroxylation sites is 1. The van der Waals surface area contributed by atoms with E-state index >= 15 is 0 Å². The average Bonchev–Trinajstić information content (AvgIpc) is 3.00. The Labute approximate surface area is 166 Å². The number of aromatic amines is 1. The Balaban J connectivity index is 2.01. The van der Waals surface area contributed by atoms with Crippen LogP contribution in [0.1, 0.15) is 33.2 Å². The zero-order valence-electron chi connectivity index (χ0n) is 16.2. The summed E-state index contributed by atoms with van der Waals surface area (Å²) in [5.41, 5.74) is 5.56. The van der Waals surface area contributed by atoms with Crippen LogP contribution in [0.25, 0.3) is 10.9 Å². The van der Waals surface area contributed by atoms with Gasteiger partial charge in [-0.1, -0.05) is 65.7 Å². The van der Waals surface area contributed by atoms with E-state index in [1.54, 1.807) is 12.1 Å². The number of rotatable bonds is 4. The summed E-state index contributed by atoms with van der Waals surface area (Å²) in [5, 5.41) is 0.174. The molecule has 1 heterocycles. The van der Waals surface area contributed by atoms with Crippen LogP contribution in [-0.2, 0) is 9.84 Å². The van der Waals surface area contributed by atoms with Gasteiger partial charge in [0.2, 0.25) is 0 Å². The van der Waals surface area contributed by atoms with Gasteiger partial charge in [-0.15, -0.1) is 0 Å². The number of fused-ring (bicyclic) bond motifs is 1. The molecule has 3 nitrogen and oxygen atoms in total. The maximum absolute atomic E-state index is 13.8. The fourth-order valence-electron chi connectivity index (χ4n) is 3.74. The molecule has 1 aromatic heterocycles. The molecular formula is C24H23NO2S. The van der Waals surface area contributed by atoms with Crippen molar-refractivity contribution in [2.75, 3.05) is 0 Å². The van der Waals surface area contributed by atoms with E-state index in [0.717, 1.165) is 38.9 Å². The molecule has 0 spiro atoms. The van der Waals surface area contributed by atoms with Gasteiger partial charge in [0.25, 0.3) is 0 Å². The minimum absolute atomic E-state index is 0.341. The summed E-state index contributed by atoms with van der Waals surface area (Å²) in [6.45, 7) is 5.91. The summed E-state index contributed by atoms with van der Waals surface area (Å²) in [6.07, 6.45) is 0. The van der Waals surface area contributed by atoms with Gasteiger partial charge in [0.05, 0.1) is 4.90 Å². The van der Waals surface area contributed by atoms with Crippen LogP contribution >= 0.6 is 0 Å². The fraction of sp³-hybridized carbons (Fsp3) is 0.167. The predicted octanol–water partition coefficient (Wildman–Crippen LogP) is 5.66. The zero-order chi connectivity index (χ0) is 19.9. The summed E-state index contributed by atoms with van der Waals surface area (Å²) < 4.78 is 27.6. The SMILES string of the molecule is Cc1ccc(C(c2c(C)[nH]c3ccccc23)S(=O)(=O)c2ccc(C)cc2)cc1. The van der Waals surface area contributed by atoms with E-state index in [1.807, 2.05) is 81.4 Å². The van der Waals surface area contributed by atoms with E-state index in [0.29, 0.717) is 4.90 Å². The average molecular weight is 390 g/mol. The number of benzene rings is 3. The molecular weight excluding hydrogens is 366 g/mol. The normalized spacial score (nSPS) is 13.0. The van der Waals surface area contributed by atoms with Crippen LogP contribution in [0.15, 0.2) is 77.7 Å². The summed E-state index contributed by atoms with van der Waals surface area (Å²) in [6, 6.07) is 22.8. The molecule has 0 bridgehead atoms. The standard InChI is InChI=1S/C24H23NO2S/c1-16-8-12-19(13-9-16)24(28(26,27)20-14-10-17(2)11-15-20)23-18(3)25-22-7-5-4-6-21(22)23/h4-15,24-25H,1-3H3. The van der Waals surface area contributed by atoms with Crippen LogP contribution in [0.2, 0.25) is 0 Å². The third kappa shape index (κ3) is 3.14. The van der Waals surface area contributed by atoms with Crippen LogP contribution < -0.4 is 0 Å². The van der Waals surface area contributed by atoms with Crippen molar-refractivity contribution in [3.8, 4) is 0 Å². The lowest BCUT2D eigenvalue weighted by atomic mass is 10.0. The molecule has 1 N–H and O–H groups in total. The van der Waals surface area contributed by atoms with Gasteiger partial charge in [0, 0.05) is 22.2 Å². The molecule has 0 saturated heterocycles. The molecule has 0 saturated carbocycles. The quantitative estimate of drug-likeness (QED) is 0.490. The highest BCUT2D eigenvalue weighted by Gasteiger charge is 2.34. The Kier molecular flexibility index (Phi) is 4.60. The van der Waals surface area contributed by atoms with Crippen molar-refractivity contribution in [2.24, 2.45) is 0 Å². The third-order valence-electron chi connectivity index (χ3n) is 5.25. The van der Waals surface area contributed by atoms with Gasteiger partial charge in [-0.05, 0) is 44.5 Å². The molecule has 4 heteroatoms. The summed E-state index contributed by atoms with van der Waals surface area (Å²) >= 11 is 0. The molecule has 0 radical (unpaired) electrons. The zero-order valence-corrected chi connectivity index (χ0v) is 17.0. The van der Waals surface area contributed by atoms with Crippen molar-refractivity contribution >= 4 is 20.7 Å². The molecule has 1 unspecified atom stereocenters. The minimum Gasteiger partial charge on any atom is -0.358 e. The monoisotopic (exact) mass is 389 g/mol. The maximum atomic E-state index is 13.8. The largest absolute Gasteiger partial charge is 0.358 e. The number of hydrogen-bond donors (Lipinski definition) is 1.